The van der Waals surface area contributed by atoms with Crippen LogP contribution in [0.5, 0.6) is 0 Å². The van der Waals surface area contributed by atoms with Gasteiger partial charge in [0.1, 0.15) is 0 Å². The molecule has 0 saturated carbocycles. The fourth-order valence-electron chi connectivity index (χ4n) is 2.72. The van der Waals surface area contributed by atoms with Crippen molar-refractivity contribution in [2.24, 2.45) is 5.92 Å². The number of ether oxygens (including phenoxy) is 1. The monoisotopic (exact) mass is 335 g/mol. The van der Waals surface area contributed by atoms with Crippen LogP contribution < -0.4 is 0 Å². The molecule has 23 heavy (non-hydrogen) atoms. The molecule has 0 radical (unpaired) electrons. The molecule has 0 N–H and O–H groups in total. The number of rotatable bonds is 5. The van der Waals surface area contributed by atoms with Crippen LogP contribution in [0.4, 0.5) is 0 Å². The molecule has 2 rings (SSSR count). The molecule has 1 aliphatic rings. The van der Waals surface area contributed by atoms with Gasteiger partial charge in [-0.2, -0.15) is 0 Å². The number of benzene rings is 1. The first-order valence-corrected chi connectivity index (χ1v) is 9.08. The van der Waals surface area contributed by atoms with Crippen molar-refractivity contribution in [2.45, 2.75) is 43.8 Å². The van der Waals surface area contributed by atoms with Crippen LogP contribution in [0, 0.1) is 12.8 Å². The second kappa shape index (κ2) is 8.39. The molecule has 1 aromatic carbocycles. The normalized spacial score (nSPS) is 16.9. The molecule has 5 heteroatoms. The molecule has 0 aliphatic carbocycles. The predicted molar refractivity (Wildman–Crippen MR) is 92.4 cm³/mol. The highest BCUT2D eigenvalue weighted by Crippen LogP contribution is 2.27. The molecule has 1 amide bonds. The Balaban J connectivity index is 1.84. The average molecular weight is 335 g/mol. The first-order chi connectivity index (χ1) is 11.0. The summed E-state index contributed by atoms with van der Waals surface area (Å²) >= 11 is 1.59. The molecule has 1 heterocycles. The Bertz CT molecular complexity index is 536. The summed E-state index contributed by atoms with van der Waals surface area (Å²) in [6.07, 6.45) is 1.40. The zero-order chi connectivity index (χ0) is 16.8. The van der Waals surface area contributed by atoms with E-state index in [2.05, 4.69) is 31.2 Å². The summed E-state index contributed by atoms with van der Waals surface area (Å²) in [5.74, 6) is -0.0291. The summed E-state index contributed by atoms with van der Waals surface area (Å²) in [7, 11) is 0. The number of hydrogen-bond donors (Lipinski definition) is 0. The molecule has 0 aromatic heterocycles. The van der Waals surface area contributed by atoms with Crippen LogP contribution in [0.1, 0.15) is 32.3 Å². The third kappa shape index (κ3) is 4.99. The van der Waals surface area contributed by atoms with Crippen LogP contribution in [0.2, 0.25) is 0 Å². The van der Waals surface area contributed by atoms with Gasteiger partial charge in [-0.3, -0.25) is 9.59 Å². The Hall–Kier alpha value is -1.49. The molecule has 4 nitrogen and oxygen atoms in total. The van der Waals surface area contributed by atoms with E-state index in [4.69, 9.17) is 4.74 Å². The minimum atomic E-state index is -0.123. The molecule has 126 valence electrons. The molecule has 1 aromatic rings. The van der Waals surface area contributed by atoms with Crippen LogP contribution in [-0.2, 0) is 14.3 Å². The van der Waals surface area contributed by atoms with Crippen LogP contribution in [-0.4, -0.2) is 41.7 Å². The number of likely N-dealkylation sites (tertiary alicyclic amines) is 1. The summed E-state index contributed by atoms with van der Waals surface area (Å²) in [4.78, 5) is 27.3. The largest absolute Gasteiger partial charge is 0.466 e. The Labute approximate surface area is 142 Å². The van der Waals surface area contributed by atoms with E-state index in [1.807, 2.05) is 18.7 Å². The van der Waals surface area contributed by atoms with Gasteiger partial charge in [-0.05, 0) is 45.7 Å². The van der Waals surface area contributed by atoms with E-state index in [0.29, 0.717) is 32.5 Å². The number of carbonyl (C=O) groups is 2. The zero-order valence-corrected chi connectivity index (χ0v) is 14.9. The van der Waals surface area contributed by atoms with Crippen molar-refractivity contribution in [3.63, 3.8) is 0 Å². The number of esters is 1. The van der Waals surface area contributed by atoms with Crippen molar-refractivity contribution in [2.75, 3.05) is 19.7 Å². The summed E-state index contributed by atoms with van der Waals surface area (Å²) in [6, 6.07) is 8.22. The molecular formula is C18H25NO3S. The minimum Gasteiger partial charge on any atom is -0.466 e. The first kappa shape index (κ1) is 17.9. The van der Waals surface area contributed by atoms with E-state index in [1.165, 1.54) is 5.56 Å². The van der Waals surface area contributed by atoms with Gasteiger partial charge in [0.05, 0.1) is 17.8 Å². The summed E-state index contributed by atoms with van der Waals surface area (Å²) in [6.45, 7) is 7.52. The lowest BCUT2D eigenvalue weighted by Gasteiger charge is -2.32. The smallest absolute Gasteiger partial charge is 0.309 e. The maximum absolute atomic E-state index is 12.6. The van der Waals surface area contributed by atoms with Crippen molar-refractivity contribution in [1.82, 2.24) is 4.90 Å². The molecule has 1 atom stereocenters. The van der Waals surface area contributed by atoms with E-state index in [9.17, 15) is 9.59 Å². The summed E-state index contributed by atoms with van der Waals surface area (Å²) in [5, 5.41) is -0.114. The predicted octanol–water partition coefficient (Wildman–Crippen LogP) is 3.28. The van der Waals surface area contributed by atoms with E-state index in [0.717, 1.165) is 4.90 Å². The number of thioether (sulfide) groups is 1. The second-order valence-corrected chi connectivity index (χ2v) is 7.34. The lowest BCUT2D eigenvalue weighted by Crippen LogP contribution is -2.43. The van der Waals surface area contributed by atoms with Crippen molar-refractivity contribution in [3.05, 3.63) is 29.8 Å². The van der Waals surface area contributed by atoms with Gasteiger partial charge in [0.2, 0.25) is 5.91 Å². The van der Waals surface area contributed by atoms with Gasteiger partial charge >= 0.3 is 5.97 Å². The van der Waals surface area contributed by atoms with Crippen LogP contribution in [0.15, 0.2) is 29.2 Å². The lowest BCUT2D eigenvalue weighted by molar-refractivity contribution is -0.151. The van der Waals surface area contributed by atoms with E-state index >= 15 is 0 Å². The zero-order valence-electron chi connectivity index (χ0n) is 14.1. The van der Waals surface area contributed by atoms with E-state index in [1.54, 1.807) is 11.8 Å². The molecule has 0 spiro atoms. The highest BCUT2D eigenvalue weighted by molar-refractivity contribution is 8.00. The van der Waals surface area contributed by atoms with Gasteiger partial charge in [0.25, 0.3) is 0 Å². The number of piperidine rings is 1. The fraction of sp³-hybridized carbons (Fsp3) is 0.556. The second-order valence-electron chi connectivity index (χ2n) is 5.92. The van der Waals surface area contributed by atoms with Crippen molar-refractivity contribution >= 4 is 23.6 Å². The number of hydrogen-bond acceptors (Lipinski definition) is 4. The summed E-state index contributed by atoms with van der Waals surface area (Å²) in [5.41, 5.74) is 1.22. The standard InChI is InChI=1S/C18H25NO3S/c1-4-22-18(21)15-9-11-19(12-10-15)17(20)14(3)23-16-7-5-13(2)6-8-16/h5-8,14-15H,4,9-12H2,1-3H3/t14-/m0/s1. The number of amides is 1. The Morgan fingerprint density at radius 2 is 1.87 bits per heavy atom. The highest BCUT2D eigenvalue weighted by Gasteiger charge is 2.30. The van der Waals surface area contributed by atoms with Gasteiger partial charge in [-0.25, -0.2) is 0 Å². The number of nitrogens with zero attached hydrogens (tertiary/aromatic N) is 1. The lowest BCUT2D eigenvalue weighted by atomic mass is 9.97. The molecule has 0 bridgehead atoms. The average Bonchev–Trinajstić information content (AvgIpc) is 2.56. The molecule has 1 fully saturated rings. The maximum Gasteiger partial charge on any atom is 0.309 e. The number of aryl methyl sites for hydroxylation is 1. The van der Waals surface area contributed by atoms with Gasteiger partial charge in [0, 0.05) is 18.0 Å². The third-order valence-electron chi connectivity index (χ3n) is 4.11. The van der Waals surface area contributed by atoms with Gasteiger partial charge in [0.15, 0.2) is 0 Å². The molecule has 1 aliphatic heterocycles. The van der Waals surface area contributed by atoms with E-state index in [-0.39, 0.29) is 23.0 Å². The Morgan fingerprint density at radius 1 is 1.26 bits per heavy atom. The number of carbonyl (C=O) groups excluding carboxylic acids is 2. The van der Waals surface area contributed by atoms with Crippen molar-refractivity contribution < 1.29 is 14.3 Å². The first-order valence-electron chi connectivity index (χ1n) is 8.20. The van der Waals surface area contributed by atoms with Gasteiger partial charge in [-0.15, -0.1) is 11.8 Å². The van der Waals surface area contributed by atoms with Crippen LogP contribution in [0.25, 0.3) is 0 Å². The highest BCUT2D eigenvalue weighted by atomic mass is 32.2. The maximum atomic E-state index is 12.6. The van der Waals surface area contributed by atoms with Gasteiger partial charge < -0.3 is 9.64 Å². The molecule has 1 saturated heterocycles. The summed E-state index contributed by atoms with van der Waals surface area (Å²) < 4.78 is 5.07. The fourth-order valence-corrected chi connectivity index (χ4v) is 3.68. The molecular weight excluding hydrogens is 310 g/mol. The molecule has 0 unspecified atom stereocenters. The SMILES string of the molecule is CCOC(=O)C1CCN(C(=O)[C@H](C)Sc2ccc(C)cc2)CC1. The van der Waals surface area contributed by atoms with Crippen molar-refractivity contribution in [1.29, 1.82) is 0 Å². The minimum absolute atomic E-state index is 0.0564. The Kier molecular flexibility index (Phi) is 6.51. The Morgan fingerprint density at radius 3 is 2.43 bits per heavy atom. The van der Waals surface area contributed by atoms with Crippen LogP contribution in [0.3, 0.4) is 0 Å². The van der Waals surface area contributed by atoms with Gasteiger partial charge in [-0.1, -0.05) is 17.7 Å². The van der Waals surface area contributed by atoms with Crippen LogP contribution >= 0.6 is 11.8 Å². The van der Waals surface area contributed by atoms with Crippen molar-refractivity contribution in [3.8, 4) is 0 Å². The van der Waals surface area contributed by atoms with E-state index < -0.39 is 0 Å². The quantitative estimate of drug-likeness (QED) is 0.612. The topological polar surface area (TPSA) is 46.6 Å². The third-order valence-corrected chi connectivity index (χ3v) is 5.21.